The van der Waals surface area contributed by atoms with Gasteiger partial charge < -0.3 is 10.2 Å². The summed E-state index contributed by atoms with van der Waals surface area (Å²) < 4.78 is 0. The Hall–Kier alpha value is -1.35. The normalized spacial score (nSPS) is 17.5. The molecule has 0 saturated heterocycles. The summed E-state index contributed by atoms with van der Waals surface area (Å²) in [6, 6.07) is 18.3. The zero-order valence-corrected chi connectivity index (χ0v) is 11.5. The molecule has 0 unspecified atom stereocenters. The first kappa shape index (κ1) is 14.1. The molecule has 3 heteroatoms. The lowest BCUT2D eigenvalue weighted by Crippen LogP contribution is -2.39. The maximum Gasteiger partial charge on any atom is 0.114 e. The molecule has 0 spiro atoms. The van der Waals surface area contributed by atoms with Gasteiger partial charge in [-0.3, -0.25) is 0 Å². The molecule has 0 bridgehead atoms. The number of benzene rings is 2. The van der Waals surface area contributed by atoms with Gasteiger partial charge in [0, 0.05) is 0 Å². The fraction of sp³-hybridized carbons (Fsp3) is 0.250. The van der Waals surface area contributed by atoms with Gasteiger partial charge in [0.2, 0.25) is 0 Å². The molecule has 100 valence electrons. The van der Waals surface area contributed by atoms with E-state index in [0.29, 0.717) is 5.56 Å². The fourth-order valence-corrected chi connectivity index (χ4v) is 2.44. The smallest absolute Gasteiger partial charge is 0.114 e. The van der Waals surface area contributed by atoms with Crippen LogP contribution in [-0.2, 0) is 5.60 Å². The van der Waals surface area contributed by atoms with E-state index in [-0.39, 0.29) is 0 Å². The fourth-order valence-electron chi connectivity index (χ4n) is 2.05. The van der Waals surface area contributed by atoms with E-state index in [1.165, 1.54) is 0 Å². The van der Waals surface area contributed by atoms with Crippen molar-refractivity contribution in [1.82, 2.24) is 0 Å². The van der Waals surface area contributed by atoms with Gasteiger partial charge in [0.25, 0.3) is 0 Å². The maximum absolute atomic E-state index is 10.6. The second-order valence-electron chi connectivity index (χ2n) is 4.77. The van der Waals surface area contributed by atoms with Crippen LogP contribution in [0.1, 0.15) is 23.4 Å². The highest BCUT2D eigenvalue weighted by Crippen LogP contribution is 2.35. The van der Waals surface area contributed by atoms with E-state index in [1.807, 2.05) is 48.5 Å². The lowest BCUT2D eigenvalue weighted by Gasteiger charge is -2.32. The van der Waals surface area contributed by atoms with Gasteiger partial charge in [0.05, 0.1) is 5.38 Å². The Kier molecular flexibility index (Phi) is 4.25. The minimum atomic E-state index is -1.40. The zero-order valence-electron chi connectivity index (χ0n) is 10.7. The van der Waals surface area contributed by atoms with Crippen LogP contribution in [0.4, 0.5) is 0 Å². The summed E-state index contributed by atoms with van der Waals surface area (Å²) in [5.41, 5.74) is 0.0284. The molecule has 2 aromatic rings. The van der Waals surface area contributed by atoms with Crippen molar-refractivity contribution in [2.45, 2.75) is 24.0 Å². The highest BCUT2D eigenvalue weighted by molar-refractivity contribution is 6.21. The molecular weight excluding hydrogens is 260 g/mol. The Morgan fingerprint density at radius 1 is 0.947 bits per heavy atom. The molecule has 2 rings (SSSR count). The van der Waals surface area contributed by atoms with E-state index in [9.17, 15) is 10.2 Å². The number of aliphatic hydroxyl groups excluding tert-OH is 1. The zero-order chi connectivity index (χ0) is 13.9. The minimum absolute atomic E-state index is 0.643. The van der Waals surface area contributed by atoms with Gasteiger partial charge in [0.15, 0.2) is 0 Å². The quantitative estimate of drug-likeness (QED) is 0.842. The van der Waals surface area contributed by atoms with E-state index in [0.717, 1.165) is 5.56 Å². The number of hydrogen-bond donors (Lipinski definition) is 2. The average molecular weight is 277 g/mol. The first-order valence-corrected chi connectivity index (χ1v) is 6.62. The van der Waals surface area contributed by atoms with Crippen LogP contribution in [0.15, 0.2) is 60.7 Å². The molecule has 0 saturated carbocycles. The SMILES string of the molecule is C[C@](O)(c1ccccc1)[C@H](O)[C@@H](Cl)c1ccccc1. The van der Waals surface area contributed by atoms with Crippen molar-refractivity contribution in [1.29, 1.82) is 0 Å². The molecule has 0 aliphatic heterocycles. The lowest BCUT2D eigenvalue weighted by molar-refractivity contribution is -0.0684. The van der Waals surface area contributed by atoms with Crippen molar-refractivity contribution in [3.8, 4) is 0 Å². The number of alkyl halides is 1. The first-order valence-electron chi connectivity index (χ1n) is 6.18. The summed E-state index contributed by atoms with van der Waals surface area (Å²) in [6.07, 6.45) is -1.10. The number of hydrogen-bond acceptors (Lipinski definition) is 2. The predicted octanol–water partition coefficient (Wildman–Crippen LogP) is 3.24. The average Bonchev–Trinajstić information content (AvgIpc) is 2.47. The van der Waals surface area contributed by atoms with Crippen molar-refractivity contribution in [2.24, 2.45) is 0 Å². The molecule has 2 nitrogen and oxygen atoms in total. The monoisotopic (exact) mass is 276 g/mol. The molecule has 0 aromatic heterocycles. The second-order valence-corrected chi connectivity index (χ2v) is 5.24. The van der Waals surface area contributed by atoms with Crippen molar-refractivity contribution in [2.75, 3.05) is 0 Å². The number of rotatable bonds is 4. The maximum atomic E-state index is 10.6. The van der Waals surface area contributed by atoms with E-state index in [2.05, 4.69) is 0 Å². The summed E-state index contributed by atoms with van der Waals surface area (Å²) in [4.78, 5) is 0. The van der Waals surface area contributed by atoms with Crippen LogP contribution in [0.2, 0.25) is 0 Å². The highest BCUT2D eigenvalue weighted by atomic mass is 35.5. The molecule has 0 fully saturated rings. The molecule has 2 N–H and O–H groups in total. The van der Waals surface area contributed by atoms with Crippen LogP contribution < -0.4 is 0 Å². The van der Waals surface area contributed by atoms with Crippen molar-refractivity contribution >= 4 is 11.6 Å². The first-order chi connectivity index (χ1) is 9.03. The third-order valence-corrected chi connectivity index (χ3v) is 3.82. The largest absolute Gasteiger partial charge is 0.388 e. The van der Waals surface area contributed by atoms with Gasteiger partial charge in [-0.15, -0.1) is 11.6 Å². The Balaban J connectivity index is 2.26. The van der Waals surface area contributed by atoms with Crippen molar-refractivity contribution in [3.05, 3.63) is 71.8 Å². The van der Waals surface area contributed by atoms with Gasteiger partial charge in [-0.1, -0.05) is 60.7 Å². The van der Waals surface area contributed by atoms with Gasteiger partial charge >= 0.3 is 0 Å². The molecule has 0 aliphatic rings. The Bertz CT molecular complexity index is 511. The van der Waals surface area contributed by atoms with Crippen LogP contribution >= 0.6 is 11.6 Å². The Labute approximate surface area is 118 Å². The summed E-state index contributed by atoms with van der Waals surface area (Å²) in [5.74, 6) is 0. The van der Waals surface area contributed by atoms with Gasteiger partial charge in [-0.05, 0) is 18.1 Å². The van der Waals surface area contributed by atoms with Crippen LogP contribution in [0, 0.1) is 0 Å². The summed E-state index contributed by atoms with van der Waals surface area (Å²) in [6.45, 7) is 1.57. The highest BCUT2D eigenvalue weighted by Gasteiger charge is 2.37. The van der Waals surface area contributed by atoms with Crippen LogP contribution in [0.3, 0.4) is 0 Å². The third-order valence-electron chi connectivity index (χ3n) is 3.33. The summed E-state index contributed by atoms with van der Waals surface area (Å²) in [7, 11) is 0. The molecule has 0 amide bonds. The van der Waals surface area contributed by atoms with Gasteiger partial charge in [0.1, 0.15) is 11.7 Å². The van der Waals surface area contributed by atoms with Gasteiger partial charge in [-0.25, -0.2) is 0 Å². The Morgan fingerprint density at radius 3 is 1.95 bits per heavy atom. The van der Waals surface area contributed by atoms with Crippen LogP contribution in [-0.4, -0.2) is 16.3 Å². The molecule has 3 atom stereocenters. The predicted molar refractivity (Wildman–Crippen MR) is 77.1 cm³/mol. The topological polar surface area (TPSA) is 40.5 Å². The molecule has 0 radical (unpaired) electrons. The molecule has 0 heterocycles. The van der Waals surface area contributed by atoms with E-state index in [4.69, 9.17) is 11.6 Å². The van der Waals surface area contributed by atoms with Crippen LogP contribution in [0.5, 0.6) is 0 Å². The molecule has 2 aromatic carbocycles. The van der Waals surface area contributed by atoms with E-state index < -0.39 is 17.1 Å². The summed E-state index contributed by atoms with van der Waals surface area (Å²) in [5, 5.41) is 20.3. The van der Waals surface area contributed by atoms with Crippen molar-refractivity contribution in [3.63, 3.8) is 0 Å². The lowest BCUT2D eigenvalue weighted by atomic mass is 9.86. The number of aliphatic hydroxyl groups is 2. The minimum Gasteiger partial charge on any atom is -0.388 e. The standard InChI is InChI=1S/C16H17ClO2/c1-16(19,13-10-6-3-7-11-13)15(18)14(17)12-8-4-2-5-9-12/h2-11,14-15,18-19H,1H3/t14-,15+,16-/m0/s1. The van der Waals surface area contributed by atoms with Crippen molar-refractivity contribution < 1.29 is 10.2 Å². The van der Waals surface area contributed by atoms with Crippen LogP contribution in [0.25, 0.3) is 0 Å². The molecule has 0 aliphatic carbocycles. The van der Waals surface area contributed by atoms with Gasteiger partial charge in [-0.2, -0.15) is 0 Å². The van der Waals surface area contributed by atoms with E-state index in [1.54, 1.807) is 19.1 Å². The Morgan fingerprint density at radius 2 is 1.42 bits per heavy atom. The number of halogens is 1. The third kappa shape index (κ3) is 2.98. The second kappa shape index (κ2) is 5.74. The van der Waals surface area contributed by atoms with E-state index >= 15 is 0 Å². The molecular formula is C16H17ClO2. The molecule has 19 heavy (non-hydrogen) atoms. The summed E-state index contributed by atoms with van der Waals surface area (Å²) >= 11 is 6.28.